The van der Waals surface area contributed by atoms with Crippen LogP contribution in [0.1, 0.15) is 63.9 Å². The zero-order valence-electron chi connectivity index (χ0n) is 19.3. The van der Waals surface area contributed by atoms with Crippen molar-refractivity contribution >= 4 is 11.9 Å². The molecule has 1 aromatic carbocycles. The molecule has 3 heterocycles. The normalized spacial score (nSPS) is 17.6. The van der Waals surface area contributed by atoms with E-state index in [1.165, 1.54) is 0 Å². The highest BCUT2D eigenvalue weighted by Crippen LogP contribution is 2.37. The standard InChI is InChI=1S/C24H27F4N3O4/c1-2-18-20-19(13-23(14-29-21(20)32)6-10-34-11-7-23)31(30-18)8-3-9-35-22(33)16-12-15(24(26,27)28)4-5-17(16)25/h4-5,12H,2-3,6-11,13-14H2,1H3,(H,29,32). The van der Waals surface area contributed by atoms with Gasteiger partial charge in [0.05, 0.1) is 34.7 Å². The fourth-order valence-electron chi connectivity index (χ4n) is 4.67. The fraction of sp³-hybridized carbons (Fsp3) is 0.542. The third-order valence-electron chi connectivity index (χ3n) is 6.67. The lowest BCUT2D eigenvalue weighted by Crippen LogP contribution is -2.40. The Hall–Kier alpha value is -2.95. The molecule has 2 aliphatic rings. The largest absolute Gasteiger partial charge is 0.462 e. The third kappa shape index (κ3) is 5.34. The first-order chi connectivity index (χ1) is 16.6. The van der Waals surface area contributed by atoms with E-state index < -0.39 is 29.1 Å². The first-order valence-electron chi connectivity index (χ1n) is 11.6. The Balaban J connectivity index is 1.45. The molecular formula is C24H27F4N3O4. The minimum absolute atomic E-state index is 0.116. The number of hydrogen-bond donors (Lipinski definition) is 1. The maximum atomic E-state index is 13.9. The minimum atomic E-state index is -4.70. The number of amides is 1. The number of esters is 1. The second-order valence-corrected chi connectivity index (χ2v) is 9.00. The summed E-state index contributed by atoms with van der Waals surface area (Å²) in [7, 11) is 0. The Morgan fingerprint density at radius 1 is 1.29 bits per heavy atom. The molecule has 1 fully saturated rings. The molecule has 2 aromatic rings. The predicted molar refractivity (Wildman–Crippen MR) is 116 cm³/mol. The SMILES string of the molecule is CCc1nn(CCCOC(=O)c2cc(C(F)(F)F)ccc2F)c2c1C(=O)NCC1(CCOCC1)C2. The van der Waals surface area contributed by atoms with Crippen LogP contribution >= 0.6 is 0 Å². The van der Waals surface area contributed by atoms with Gasteiger partial charge in [-0.1, -0.05) is 6.92 Å². The second kappa shape index (κ2) is 9.96. The molecule has 0 radical (unpaired) electrons. The number of rotatable bonds is 6. The average Bonchev–Trinajstić information content (AvgIpc) is 3.10. The summed E-state index contributed by atoms with van der Waals surface area (Å²) >= 11 is 0. The molecule has 0 aliphatic carbocycles. The molecule has 0 unspecified atom stereocenters. The molecule has 1 saturated heterocycles. The lowest BCUT2D eigenvalue weighted by Gasteiger charge is -2.36. The molecule has 35 heavy (non-hydrogen) atoms. The van der Waals surface area contributed by atoms with Crippen LogP contribution in [0, 0.1) is 11.2 Å². The third-order valence-corrected chi connectivity index (χ3v) is 6.67. The molecule has 11 heteroatoms. The fourth-order valence-corrected chi connectivity index (χ4v) is 4.67. The predicted octanol–water partition coefficient (Wildman–Crippen LogP) is 3.93. The van der Waals surface area contributed by atoms with Gasteiger partial charge in [-0.15, -0.1) is 0 Å². The summed E-state index contributed by atoms with van der Waals surface area (Å²) in [6, 6.07) is 1.62. The Labute approximate surface area is 199 Å². The van der Waals surface area contributed by atoms with Gasteiger partial charge in [0.15, 0.2) is 0 Å². The molecule has 0 bridgehead atoms. The molecule has 190 valence electrons. The average molecular weight is 497 g/mol. The Morgan fingerprint density at radius 2 is 2.03 bits per heavy atom. The van der Waals surface area contributed by atoms with Crippen LogP contribution in [0.25, 0.3) is 0 Å². The highest BCUT2D eigenvalue weighted by Gasteiger charge is 2.39. The molecule has 0 atom stereocenters. The molecule has 1 amide bonds. The van der Waals surface area contributed by atoms with Crippen molar-refractivity contribution in [3.8, 4) is 0 Å². The summed E-state index contributed by atoms with van der Waals surface area (Å²) in [5.74, 6) is -2.40. The summed E-state index contributed by atoms with van der Waals surface area (Å²) in [5.41, 5.74) is 0.0874. The number of ether oxygens (including phenoxy) is 2. The van der Waals surface area contributed by atoms with Crippen LogP contribution in [0.3, 0.4) is 0 Å². The zero-order chi connectivity index (χ0) is 25.2. The maximum Gasteiger partial charge on any atom is 0.416 e. The highest BCUT2D eigenvalue weighted by atomic mass is 19.4. The monoisotopic (exact) mass is 497 g/mol. The summed E-state index contributed by atoms with van der Waals surface area (Å²) < 4.78 is 64.9. The molecule has 1 spiro atoms. The van der Waals surface area contributed by atoms with Crippen LogP contribution in [0.15, 0.2) is 18.2 Å². The van der Waals surface area contributed by atoms with Crippen molar-refractivity contribution in [2.24, 2.45) is 5.41 Å². The molecule has 2 aliphatic heterocycles. The van der Waals surface area contributed by atoms with Crippen molar-refractivity contribution in [1.29, 1.82) is 0 Å². The summed E-state index contributed by atoms with van der Waals surface area (Å²) in [4.78, 5) is 25.1. The molecule has 1 aromatic heterocycles. The van der Waals surface area contributed by atoms with E-state index in [2.05, 4.69) is 10.4 Å². The van der Waals surface area contributed by atoms with Crippen molar-refractivity contribution < 1.29 is 36.6 Å². The van der Waals surface area contributed by atoms with Gasteiger partial charge in [-0.05, 0) is 49.3 Å². The van der Waals surface area contributed by atoms with E-state index in [4.69, 9.17) is 9.47 Å². The number of fused-ring (bicyclic) bond motifs is 1. The first kappa shape index (κ1) is 25.2. The number of alkyl halides is 3. The molecule has 1 N–H and O–H groups in total. The summed E-state index contributed by atoms with van der Waals surface area (Å²) in [5, 5.41) is 7.64. The van der Waals surface area contributed by atoms with Crippen molar-refractivity contribution in [2.75, 3.05) is 26.4 Å². The number of hydrogen-bond acceptors (Lipinski definition) is 5. The molecule has 7 nitrogen and oxygen atoms in total. The van der Waals surface area contributed by atoms with E-state index in [-0.39, 0.29) is 17.9 Å². The smallest absolute Gasteiger partial charge is 0.416 e. The van der Waals surface area contributed by atoms with Gasteiger partial charge in [0, 0.05) is 32.7 Å². The quantitative estimate of drug-likeness (QED) is 0.372. The van der Waals surface area contributed by atoms with Gasteiger partial charge in [-0.2, -0.15) is 18.3 Å². The van der Waals surface area contributed by atoms with Gasteiger partial charge in [0.1, 0.15) is 5.82 Å². The van der Waals surface area contributed by atoms with E-state index >= 15 is 0 Å². The van der Waals surface area contributed by atoms with Gasteiger partial charge < -0.3 is 14.8 Å². The lowest BCUT2D eigenvalue weighted by atomic mass is 9.76. The summed E-state index contributed by atoms with van der Waals surface area (Å²) in [6.07, 6.45) is -1.54. The lowest BCUT2D eigenvalue weighted by molar-refractivity contribution is -0.137. The first-order valence-corrected chi connectivity index (χ1v) is 11.6. The Bertz CT molecular complexity index is 1110. The number of carbonyl (C=O) groups excluding carboxylic acids is 2. The Kier molecular flexibility index (Phi) is 7.16. The van der Waals surface area contributed by atoms with Gasteiger partial charge in [0.2, 0.25) is 0 Å². The van der Waals surface area contributed by atoms with Crippen LogP contribution in [0.5, 0.6) is 0 Å². The number of carbonyl (C=O) groups is 2. The van der Waals surface area contributed by atoms with Crippen LogP contribution in [0.2, 0.25) is 0 Å². The van der Waals surface area contributed by atoms with Gasteiger partial charge in [0.25, 0.3) is 5.91 Å². The highest BCUT2D eigenvalue weighted by molar-refractivity contribution is 5.97. The van der Waals surface area contributed by atoms with Crippen LogP contribution in [-0.2, 0) is 35.0 Å². The van der Waals surface area contributed by atoms with E-state index in [9.17, 15) is 27.2 Å². The number of benzene rings is 1. The topological polar surface area (TPSA) is 82.5 Å². The van der Waals surface area contributed by atoms with Gasteiger partial charge in [-0.3, -0.25) is 9.48 Å². The van der Waals surface area contributed by atoms with E-state index in [0.717, 1.165) is 18.5 Å². The van der Waals surface area contributed by atoms with Gasteiger partial charge in [-0.25, -0.2) is 9.18 Å². The number of nitrogens with zero attached hydrogens (tertiary/aromatic N) is 2. The van der Waals surface area contributed by atoms with Crippen molar-refractivity contribution in [3.05, 3.63) is 52.1 Å². The van der Waals surface area contributed by atoms with Crippen LogP contribution in [0.4, 0.5) is 17.6 Å². The Morgan fingerprint density at radius 3 is 2.71 bits per heavy atom. The van der Waals surface area contributed by atoms with Crippen LogP contribution < -0.4 is 5.32 Å². The number of nitrogens with one attached hydrogen (secondary N) is 1. The number of aryl methyl sites for hydroxylation is 2. The minimum Gasteiger partial charge on any atom is -0.462 e. The van der Waals surface area contributed by atoms with Crippen molar-refractivity contribution in [3.63, 3.8) is 0 Å². The van der Waals surface area contributed by atoms with Crippen molar-refractivity contribution in [2.45, 2.75) is 51.7 Å². The number of aromatic nitrogens is 2. The van der Waals surface area contributed by atoms with E-state index in [1.54, 1.807) is 4.68 Å². The van der Waals surface area contributed by atoms with E-state index in [0.29, 0.717) is 75.0 Å². The number of halogens is 4. The molecule has 0 saturated carbocycles. The summed E-state index contributed by atoms with van der Waals surface area (Å²) in [6.45, 7) is 3.92. The van der Waals surface area contributed by atoms with E-state index in [1.807, 2.05) is 6.92 Å². The zero-order valence-corrected chi connectivity index (χ0v) is 19.3. The molecule has 4 rings (SSSR count). The van der Waals surface area contributed by atoms with Crippen molar-refractivity contribution in [1.82, 2.24) is 15.1 Å². The maximum absolute atomic E-state index is 13.9. The van der Waals surface area contributed by atoms with Crippen LogP contribution in [-0.4, -0.2) is 48.0 Å². The van der Waals surface area contributed by atoms with Gasteiger partial charge >= 0.3 is 12.1 Å². The second-order valence-electron chi connectivity index (χ2n) is 9.00. The molecular weight excluding hydrogens is 470 g/mol.